The number of thioether (sulfide) groups is 1. The predicted molar refractivity (Wildman–Crippen MR) is 119 cm³/mol. The molecule has 4 rings (SSSR count). The van der Waals surface area contributed by atoms with Crippen molar-refractivity contribution in [2.75, 3.05) is 0 Å². The zero-order valence-electron chi connectivity index (χ0n) is 15.6. The molecule has 7 heteroatoms. The zero-order chi connectivity index (χ0) is 19.5. The molecule has 1 atom stereocenters. The fraction of sp³-hybridized carbons (Fsp3) is 0.381. The highest BCUT2D eigenvalue weighted by molar-refractivity contribution is 9.10. The van der Waals surface area contributed by atoms with Gasteiger partial charge in [-0.3, -0.25) is 4.79 Å². The van der Waals surface area contributed by atoms with Crippen molar-refractivity contribution in [3.8, 4) is 11.1 Å². The van der Waals surface area contributed by atoms with Crippen LogP contribution in [0.3, 0.4) is 0 Å². The average molecular weight is 477 g/mol. The highest BCUT2D eigenvalue weighted by atomic mass is 79.9. The molecule has 28 heavy (non-hydrogen) atoms. The molecule has 1 fully saturated rings. The Morgan fingerprint density at radius 1 is 1.21 bits per heavy atom. The minimum Gasteiger partial charge on any atom is -0.462 e. The fourth-order valence-electron chi connectivity index (χ4n) is 3.44. The van der Waals surface area contributed by atoms with Crippen molar-refractivity contribution in [1.29, 1.82) is 0 Å². The normalized spacial score (nSPS) is 16.2. The second-order valence-electron chi connectivity index (χ2n) is 6.97. The van der Waals surface area contributed by atoms with Gasteiger partial charge in [-0.1, -0.05) is 46.2 Å². The Kier molecular flexibility index (Phi) is 6.33. The predicted octanol–water partition coefficient (Wildman–Crippen LogP) is 6.48. The molecule has 146 valence electrons. The minimum atomic E-state index is -0.308. The SMILES string of the molecule is CC(Sc1ncnc2scc(-c3ccc(Br)cc3)c12)C(=O)OC1CCCCC1. The van der Waals surface area contributed by atoms with Crippen molar-refractivity contribution in [2.24, 2.45) is 0 Å². The van der Waals surface area contributed by atoms with Crippen molar-refractivity contribution in [3.63, 3.8) is 0 Å². The van der Waals surface area contributed by atoms with Crippen molar-refractivity contribution >= 4 is 55.2 Å². The van der Waals surface area contributed by atoms with Gasteiger partial charge in [-0.05, 0) is 50.3 Å². The van der Waals surface area contributed by atoms with Gasteiger partial charge in [-0.25, -0.2) is 9.97 Å². The first-order valence-electron chi connectivity index (χ1n) is 9.47. The molecule has 1 aromatic carbocycles. The molecule has 0 N–H and O–H groups in total. The van der Waals surface area contributed by atoms with Gasteiger partial charge >= 0.3 is 5.97 Å². The fourth-order valence-corrected chi connectivity index (χ4v) is 5.60. The lowest BCUT2D eigenvalue weighted by Gasteiger charge is -2.23. The summed E-state index contributed by atoms with van der Waals surface area (Å²) in [4.78, 5) is 22.4. The first kappa shape index (κ1) is 19.9. The number of ether oxygens (including phenoxy) is 1. The van der Waals surface area contributed by atoms with Crippen LogP contribution in [0.2, 0.25) is 0 Å². The number of aromatic nitrogens is 2. The molecule has 1 unspecified atom stereocenters. The van der Waals surface area contributed by atoms with Crippen molar-refractivity contribution in [2.45, 2.75) is 55.4 Å². The van der Waals surface area contributed by atoms with Gasteiger partial charge in [-0.2, -0.15) is 0 Å². The van der Waals surface area contributed by atoms with Gasteiger partial charge in [0.2, 0.25) is 0 Å². The summed E-state index contributed by atoms with van der Waals surface area (Å²) in [5, 5.41) is 3.64. The summed E-state index contributed by atoms with van der Waals surface area (Å²) < 4.78 is 6.78. The highest BCUT2D eigenvalue weighted by Crippen LogP contribution is 2.39. The standard InChI is InChI=1S/C21H21BrN2O2S2/c1-13(21(25)26-16-5-3-2-4-6-16)28-20-18-17(11-27-19(18)23-12-24-20)14-7-9-15(22)10-8-14/h7-13,16H,2-6H2,1H3. The summed E-state index contributed by atoms with van der Waals surface area (Å²) in [6, 6.07) is 8.21. The quantitative estimate of drug-likeness (QED) is 0.239. The smallest absolute Gasteiger partial charge is 0.319 e. The summed E-state index contributed by atoms with van der Waals surface area (Å²) in [7, 11) is 0. The maximum atomic E-state index is 12.6. The molecular formula is C21H21BrN2O2S2. The molecule has 0 bridgehead atoms. The van der Waals surface area contributed by atoms with Gasteiger partial charge in [0.05, 0.1) is 5.39 Å². The van der Waals surface area contributed by atoms with E-state index in [0.717, 1.165) is 56.5 Å². The van der Waals surface area contributed by atoms with Crippen LogP contribution >= 0.6 is 39.0 Å². The number of fused-ring (bicyclic) bond motifs is 1. The number of hydrogen-bond donors (Lipinski definition) is 0. The summed E-state index contributed by atoms with van der Waals surface area (Å²) in [5.41, 5.74) is 2.21. The molecule has 4 nitrogen and oxygen atoms in total. The van der Waals surface area contributed by atoms with Crippen LogP contribution in [0.25, 0.3) is 21.3 Å². The monoisotopic (exact) mass is 476 g/mol. The number of halogens is 1. The molecule has 1 aliphatic rings. The van der Waals surface area contributed by atoms with E-state index in [1.807, 2.05) is 19.1 Å². The van der Waals surface area contributed by atoms with E-state index in [4.69, 9.17) is 4.74 Å². The van der Waals surface area contributed by atoms with Crippen LogP contribution in [0.15, 0.2) is 45.5 Å². The number of hydrogen-bond acceptors (Lipinski definition) is 6. The van der Waals surface area contributed by atoms with Gasteiger partial charge in [0.15, 0.2) is 0 Å². The molecule has 1 saturated carbocycles. The third kappa shape index (κ3) is 4.42. The Labute approximate surface area is 181 Å². The van der Waals surface area contributed by atoms with Gasteiger partial charge < -0.3 is 4.74 Å². The molecule has 0 spiro atoms. The Bertz CT molecular complexity index is 968. The van der Waals surface area contributed by atoms with Crippen LogP contribution < -0.4 is 0 Å². The van der Waals surface area contributed by atoms with Crippen LogP contribution in [0.1, 0.15) is 39.0 Å². The lowest BCUT2D eigenvalue weighted by molar-refractivity contribution is -0.149. The zero-order valence-corrected chi connectivity index (χ0v) is 18.8. The third-order valence-corrected chi connectivity index (χ3v) is 7.44. The first-order chi connectivity index (χ1) is 13.6. The van der Waals surface area contributed by atoms with E-state index in [0.29, 0.717) is 0 Å². The Balaban J connectivity index is 1.57. The van der Waals surface area contributed by atoms with Crippen molar-refractivity contribution < 1.29 is 9.53 Å². The number of carbonyl (C=O) groups is 1. The summed E-state index contributed by atoms with van der Waals surface area (Å²) >= 11 is 6.54. The number of carbonyl (C=O) groups excluding carboxylic acids is 1. The van der Waals surface area contributed by atoms with E-state index in [2.05, 4.69) is 43.4 Å². The number of rotatable bonds is 5. The maximum Gasteiger partial charge on any atom is 0.319 e. The number of thiophene rings is 1. The van der Waals surface area contributed by atoms with E-state index in [1.165, 1.54) is 18.2 Å². The molecule has 0 amide bonds. The molecule has 2 aromatic heterocycles. The topological polar surface area (TPSA) is 52.1 Å². The Morgan fingerprint density at radius 3 is 2.71 bits per heavy atom. The van der Waals surface area contributed by atoms with Gasteiger partial charge in [0.25, 0.3) is 0 Å². The van der Waals surface area contributed by atoms with E-state index in [1.54, 1.807) is 17.7 Å². The van der Waals surface area contributed by atoms with Crippen LogP contribution in [0.4, 0.5) is 0 Å². The Hall–Kier alpha value is -1.44. The van der Waals surface area contributed by atoms with Gasteiger partial charge in [-0.15, -0.1) is 11.3 Å². The van der Waals surface area contributed by atoms with Gasteiger partial charge in [0, 0.05) is 15.4 Å². The van der Waals surface area contributed by atoms with Crippen molar-refractivity contribution in [3.05, 3.63) is 40.4 Å². The van der Waals surface area contributed by atoms with Crippen molar-refractivity contribution in [1.82, 2.24) is 9.97 Å². The van der Waals surface area contributed by atoms with Crippen LogP contribution in [-0.2, 0) is 9.53 Å². The molecular weight excluding hydrogens is 456 g/mol. The van der Waals surface area contributed by atoms with Crippen LogP contribution in [-0.4, -0.2) is 27.3 Å². The Morgan fingerprint density at radius 2 is 1.96 bits per heavy atom. The lowest BCUT2D eigenvalue weighted by atomic mass is 9.98. The van der Waals surface area contributed by atoms with Crippen LogP contribution in [0, 0.1) is 0 Å². The molecule has 0 saturated heterocycles. The summed E-state index contributed by atoms with van der Waals surface area (Å²) in [5.74, 6) is -0.149. The van der Waals surface area contributed by atoms with E-state index in [9.17, 15) is 4.79 Å². The lowest BCUT2D eigenvalue weighted by Crippen LogP contribution is -2.26. The minimum absolute atomic E-state index is 0.0780. The first-order valence-corrected chi connectivity index (χ1v) is 12.0. The average Bonchev–Trinajstić information content (AvgIpc) is 3.14. The maximum absolute atomic E-state index is 12.6. The highest BCUT2D eigenvalue weighted by Gasteiger charge is 2.24. The molecule has 0 aliphatic heterocycles. The second kappa shape index (κ2) is 8.93. The summed E-state index contributed by atoms with van der Waals surface area (Å²) in [6.45, 7) is 1.90. The summed E-state index contributed by atoms with van der Waals surface area (Å²) in [6.07, 6.45) is 7.17. The van der Waals surface area contributed by atoms with E-state index >= 15 is 0 Å². The molecule has 2 heterocycles. The van der Waals surface area contributed by atoms with E-state index < -0.39 is 0 Å². The second-order valence-corrected chi connectivity index (χ2v) is 10.1. The van der Waals surface area contributed by atoms with E-state index in [-0.39, 0.29) is 17.3 Å². The third-order valence-electron chi connectivity index (χ3n) is 4.95. The van der Waals surface area contributed by atoms with Crippen LogP contribution in [0.5, 0.6) is 0 Å². The number of benzene rings is 1. The molecule has 3 aromatic rings. The number of esters is 1. The molecule has 0 radical (unpaired) electrons. The van der Waals surface area contributed by atoms with Gasteiger partial charge in [0.1, 0.15) is 27.5 Å². The number of nitrogens with zero attached hydrogens (tertiary/aromatic N) is 2. The largest absolute Gasteiger partial charge is 0.462 e. The molecule has 1 aliphatic carbocycles.